The molecule has 0 aromatic rings. The van der Waals surface area contributed by atoms with Gasteiger partial charge in [-0.25, -0.2) is 0 Å². The molecule has 0 aromatic heterocycles. The summed E-state index contributed by atoms with van der Waals surface area (Å²) < 4.78 is 10.6. The number of hydrogen-bond donors (Lipinski definition) is 4. The number of nitrogens with one attached hydrogen (secondary N) is 2. The Morgan fingerprint density at radius 2 is 1.19 bits per heavy atom. The number of aliphatic hydroxyl groups excluding tert-OH is 2. The van der Waals surface area contributed by atoms with Gasteiger partial charge in [0, 0.05) is 26.2 Å². The maximum atomic E-state index is 9.56. The maximum Gasteiger partial charge on any atom is 0.0935 e. The Balaban J connectivity index is 2.21. The Labute approximate surface area is 95.9 Å². The van der Waals surface area contributed by atoms with E-state index in [1.54, 1.807) is 0 Å². The molecule has 1 fully saturated rings. The highest BCUT2D eigenvalue weighted by molar-refractivity contribution is 4.71. The first-order valence-corrected chi connectivity index (χ1v) is 5.74. The first kappa shape index (κ1) is 13.8. The quantitative estimate of drug-likeness (QED) is 0.386. The molecule has 1 heterocycles. The predicted octanol–water partition coefficient (Wildman–Crippen LogP) is -2.07. The summed E-state index contributed by atoms with van der Waals surface area (Å²) in [5, 5.41) is 25.2. The van der Waals surface area contributed by atoms with E-state index >= 15 is 0 Å². The normalized spacial score (nSPS) is 31.9. The van der Waals surface area contributed by atoms with Crippen molar-refractivity contribution in [1.29, 1.82) is 0 Å². The zero-order chi connectivity index (χ0) is 11.6. The van der Waals surface area contributed by atoms with E-state index in [1.165, 1.54) is 0 Å². The van der Waals surface area contributed by atoms with Gasteiger partial charge in [-0.2, -0.15) is 0 Å². The molecule has 0 bridgehead atoms. The lowest BCUT2D eigenvalue weighted by Crippen LogP contribution is -2.43. The summed E-state index contributed by atoms with van der Waals surface area (Å²) in [7, 11) is 0. The second-order valence-electron chi connectivity index (χ2n) is 3.77. The summed E-state index contributed by atoms with van der Waals surface area (Å²) in [6.07, 6.45) is -1.51. The topological polar surface area (TPSA) is 83.0 Å². The van der Waals surface area contributed by atoms with Gasteiger partial charge in [-0.05, 0) is 0 Å². The predicted molar refractivity (Wildman–Crippen MR) is 59.4 cm³/mol. The lowest BCUT2D eigenvalue weighted by molar-refractivity contribution is 0.0122. The van der Waals surface area contributed by atoms with E-state index < -0.39 is 12.2 Å². The number of rotatable bonds is 0. The van der Waals surface area contributed by atoms with Crippen molar-refractivity contribution in [1.82, 2.24) is 10.6 Å². The van der Waals surface area contributed by atoms with Crippen molar-refractivity contribution >= 4 is 0 Å². The minimum absolute atomic E-state index is 0.378. The molecule has 1 saturated heterocycles. The van der Waals surface area contributed by atoms with Crippen molar-refractivity contribution in [2.24, 2.45) is 0 Å². The van der Waals surface area contributed by atoms with Crippen molar-refractivity contribution in [3.05, 3.63) is 0 Å². The molecule has 0 radical (unpaired) electrons. The number of hydrogen-bond acceptors (Lipinski definition) is 6. The Kier molecular flexibility index (Phi) is 7.65. The van der Waals surface area contributed by atoms with Crippen LogP contribution in [-0.2, 0) is 9.47 Å². The smallest absolute Gasteiger partial charge is 0.0935 e. The first-order chi connectivity index (χ1) is 7.80. The van der Waals surface area contributed by atoms with Gasteiger partial charge in [0.05, 0.1) is 38.6 Å². The van der Waals surface area contributed by atoms with E-state index in [-0.39, 0.29) is 0 Å². The third-order valence-corrected chi connectivity index (χ3v) is 2.37. The van der Waals surface area contributed by atoms with E-state index in [0.29, 0.717) is 52.6 Å². The molecule has 96 valence electrons. The highest BCUT2D eigenvalue weighted by atomic mass is 16.5. The van der Waals surface area contributed by atoms with Crippen molar-refractivity contribution in [2.75, 3.05) is 52.6 Å². The van der Waals surface area contributed by atoms with E-state index in [0.717, 1.165) is 0 Å². The average Bonchev–Trinajstić information content (AvgIpc) is 2.29. The van der Waals surface area contributed by atoms with Crippen LogP contribution >= 0.6 is 0 Å². The summed E-state index contributed by atoms with van der Waals surface area (Å²) in [5.41, 5.74) is 0. The molecule has 0 aromatic carbocycles. The summed E-state index contributed by atoms with van der Waals surface area (Å²) in [4.78, 5) is 0. The Morgan fingerprint density at radius 3 is 1.62 bits per heavy atom. The first-order valence-electron chi connectivity index (χ1n) is 5.74. The van der Waals surface area contributed by atoms with Gasteiger partial charge in [-0.1, -0.05) is 0 Å². The molecular weight excluding hydrogens is 212 g/mol. The molecule has 16 heavy (non-hydrogen) atoms. The van der Waals surface area contributed by atoms with Crippen LogP contribution in [0, 0.1) is 0 Å². The van der Waals surface area contributed by atoms with Crippen molar-refractivity contribution in [3.8, 4) is 0 Å². The highest BCUT2D eigenvalue weighted by Crippen LogP contribution is 1.91. The second kappa shape index (κ2) is 8.86. The molecule has 1 aliphatic heterocycles. The van der Waals surface area contributed by atoms with Gasteiger partial charge in [0.25, 0.3) is 0 Å². The van der Waals surface area contributed by atoms with Crippen LogP contribution < -0.4 is 10.6 Å². The fourth-order valence-electron chi connectivity index (χ4n) is 1.38. The molecule has 0 amide bonds. The summed E-state index contributed by atoms with van der Waals surface area (Å²) in [6.45, 7) is 4.44. The van der Waals surface area contributed by atoms with Gasteiger partial charge in [0.1, 0.15) is 0 Å². The molecule has 1 rings (SSSR count). The number of aliphatic hydroxyl groups is 2. The molecule has 1 aliphatic rings. The van der Waals surface area contributed by atoms with Gasteiger partial charge in [0.15, 0.2) is 0 Å². The van der Waals surface area contributed by atoms with E-state index in [2.05, 4.69) is 10.6 Å². The maximum absolute atomic E-state index is 9.56. The van der Waals surface area contributed by atoms with E-state index in [9.17, 15) is 10.2 Å². The summed E-state index contributed by atoms with van der Waals surface area (Å²) in [5.74, 6) is 0. The van der Waals surface area contributed by atoms with Gasteiger partial charge >= 0.3 is 0 Å². The zero-order valence-electron chi connectivity index (χ0n) is 9.52. The molecule has 6 nitrogen and oxygen atoms in total. The van der Waals surface area contributed by atoms with E-state index in [1.807, 2.05) is 0 Å². The van der Waals surface area contributed by atoms with Crippen LogP contribution in [0.5, 0.6) is 0 Å². The Hall–Kier alpha value is -0.240. The minimum Gasteiger partial charge on any atom is -0.389 e. The highest BCUT2D eigenvalue weighted by Gasteiger charge is 2.15. The molecule has 6 heteroatoms. The lowest BCUT2D eigenvalue weighted by atomic mass is 10.2. The van der Waals surface area contributed by atoms with Gasteiger partial charge in [-0.15, -0.1) is 0 Å². The van der Waals surface area contributed by atoms with Crippen LogP contribution in [0.3, 0.4) is 0 Å². The Bertz CT molecular complexity index is 153. The number of β-amino-alcohol motifs (C(OH)–C–C–N with tert-alkyl or cyclic N) is 2. The molecule has 0 saturated carbocycles. The number of ether oxygens (including phenoxy) is 2. The monoisotopic (exact) mass is 234 g/mol. The minimum atomic E-state index is -0.753. The van der Waals surface area contributed by atoms with Crippen LogP contribution in [0.15, 0.2) is 0 Å². The van der Waals surface area contributed by atoms with Gasteiger partial charge in [0.2, 0.25) is 0 Å². The van der Waals surface area contributed by atoms with E-state index in [4.69, 9.17) is 9.47 Å². The SMILES string of the molecule is O[C@H]1CNCCOCCOCCNC[C@@H]1O. The van der Waals surface area contributed by atoms with Crippen LogP contribution in [0.4, 0.5) is 0 Å². The molecule has 4 N–H and O–H groups in total. The van der Waals surface area contributed by atoms with Gasteiger partial charge < -0.3 is 30.3 Å². The second-order valence-corrected chi connectivity index (χ2v) is 3.77. The standard InChI is InChI=1S/C10H22N2O4/c13-9-7-11-1-3-15-5-6-16-4-2-12-8-10(9)14/h9-14H,1-8H2/t9-,10-/m0/s1. The lowest BCUT2D eigenvalue weighted by Gasteiger charge is -2.19. The van der Waals surface area contributed by atoms with Crippen LogP contribution in [-0.4, -0.2) is 75.0 Å². The average molecular weight is 234 g/mol. The van der Waals surface area contributed by atoms with Crippen molar-refractivity contribution in [3.63, 3.8) is 0 Å². The van der Waals surface area contributed by atoms with Crippen molar-refractivity contribution < 1.29 is 19.7 Å². The van der Waals surface area contributed by atoms with Crippen LogP contribution in [0.25, 0.3) is 0 Å². The van der Waals surface area contributed by atoms with Crippen molar-refractivity contribution in [2.45, 2.75) is 12.2 Å². The van der Waals surface area contributed by atoms with Crippen LogP contribution in [0.2, 0.25) is 0 Å². The molecule has 0 spiro atoms. The molecular formula is C10H22N2O4. The van der Waals surface area contributed by atoms with Crippen LogP contribution in [0.1, 0.15) is 0 Å². The summed E-state index contributed by atoms with van der Waals surface area (Å²) in [6, 6.07) is 0. The fourth-order valence-corrected chi connectivity index (χ4v) is 1.38. The molecule has 0 unspecified atom stereocenters. The fraction of sp³-hybridized carbons (Fsp3) is 1.00. The Morgan fingerprint density at radius 1 is 0.750 bits per heavy atom. The third kappa shape index (κ3) is 6.37. The summed E-state index contributed by atoms with van der Waals surface area (Å²) >= 11 is 0. The largest absolute Gasteiger partial charge is 0.389 e. The van der Waals surface area contributed by atoms with Gasteiger partial charge in [-0.3, -0.25) is 0 Å². The third-order valence-electron chi connectivity index (χ3n) is 2.37. The molecule has 2 atom stereocenters. The molecule has 0 aliphatic carbocycles. The zero-order valence-corrected chi connectivity index (χ0v) is 9.52.